The quantitative estimate of drug-likeness (QED) is 0.808. The number of hydrogen-bond donors (Lipinski definition) is 1. The van der Waals surface area contributed by atoms with Crippen LogP contribution >= 0.6 is 0 Å². The highest BCUT2D eigenvalue weighted by atomic mass is 16.5. The number of likely N-dealkylation sites (N-methyl/N-ethyl adjacent to an activating group) is 1. The lowest BCUT2D eigenvalue weighted by Gasteiger charge is -2.23. The summed E-state index contributed by atoms with van der Waals surface area (Å²) in [5.74, 6) is 0. The zero-order valence-electron chi connectivity index (χ0n) is 12.0. The van der Waals surface area contributed by atoms with Crippen molar-refractivity contribution in [3.05, 3.63) is 29.8 Å². The molecule has 1 unspecified atom stereocenters. The van der Waals surface area contributed by atoms with Crippen LogP contribution in [0, 0.1) is 0 Å². The van der Waals surface area contributed by atoms with Gasteiger partial charge in [-0.05, 0) is 38.8 Å². The number of anilines is 1. The summed E-state index contributed by atoms with van der Waals surface area (Å²) in [5.41, 5.74) is 8.45. The minimum atomic E-state index is 0.187. The van der Waals surface area contributed by atoms with Gasteiger partial charge >= 0.3 is 0 Å². The summed E-state index contributed by atoms with van der Waals surface area (Å²) in [6, 6.07) is 8.62. The first-order valence-corrected chi connectivity index (χ1v) is 6.67. The molecule has 0 heterocycles. The SMILES string of the molecule is CC(N)Cc1ccccc1N(C)CCOC(C)C. The van der Waals surface area contributed by atoms with Crippen molar-refractivity contribution in [3.63, 3.8) is 0 Å². The van der Waals surface area contributed by atoms with E-state index in [0.717, 1.165) is 19.6 Å². The molecule has 0 saturated carbocycles. The molecule has 102 valence electrons. The molecule has 3 heteroatoms. The van der Waals surface area contributed by atoms with Crippen LogP contribution in [0.3, 0.4) is 0 Å². The molecule has 0 aliphatic rings. The van der Waals surface area contributed by atoms with Crippen LogP contribution in [0.25, 0.3) is 0 Å². The predicted octanol–water partition coefficient (Wildman–Crippen LogP) is 2.44. The first-order chi connectivity index (χ1) is 8.50. The third kappa shape index (κ3) is 5.07. The second kappa shape index (κ2) is 7.39. The summed E-state index contributed by atoms with van der Waals surface area (Å²) in [6.07, 6.45) is 1.20. The van der Waals surface area contributed by atoms with E-state index < -0.39 is 0 Å². The van der Waals surface area contributed by atoms with Gasteiger partial charge in [-0.2, -0.15) is 0 Å². The van der Waals surface area contributed by atoms with E-state index >= 15 is 0 Å². The van der Waals surface area contributed by atoms with Crippen LogP contribution in [0.15, 0.2) is 24.3 Å². The largest absolute Gasteiger partial charge is 0.377 e. The summed E-state index contributed by atoms with van der Waals surface area (Å²) >= 11 is 0. The van der Waals surface area contributed by atoms with Crippen molar-refractivity contribution in [2.75, 3.05) is 25.1 Å². The van der Waals surface area contributed by atoms with Gasteiger partial charge in [-0.3, -0.25) is 0 Å². The van der Waals surface area contributed by atoms with Crippen LogP contribution in [-0.4, -0.2) is 32.3 Å². The van der Waals surface area contributed by atoms with Gasteiger partial charge < -0.3 is 15.4 Å². The van der Waals surface area contributed by atoms with E-state index in [4.69, 9.17) is 10.5 Å². The first kappa shape index (κ1) is 15.0. The summed E-state index contributed by atoms with van der Waals surface area (Å²) in [7, 11) is 2.10. The molecule has 1 aromatic rings. The van der Waals surface area contributed by atoms with Crippen LogP contribution in [0.5, 0.6) is 0 Å². The fraction of sp³-hybridized carbons (Fsp3) is 0.600. The summed E-state index contributed by atoms with van der Waals surface area (Å²) in [6.45, 7) is 7.81. The van der Waals surface area contributed by atoms with Crippen LogP contribution in [0.1, 0.15) is 26.3 Å². The molecule has 2 N–H and O–H groups in total. The van der Waals surface area contributed by atoms with Crippen molar-refractivity contribution in [2.24, 2.45) is 5.73 Å². The van der Waals surface area contributed by atoms with Crippen molar-refractivity contribution in [1.82, 2.24) is 0 Å². The Morgan fingerprint density at radius 1 is 1.22 bits per heavy atom. The number of nitrogens with zero attached hydrogens (tertiary/aromatic N) is 1. The fourth-order valence-corrected chi connectivity index (χ4v) is 1.95. The van der Waals surface area contributed by atoms with Crippen LogP contribution < -0.4 is 10.6 Å². The molecule has 0 spiro atoms. The van der Waals surface area contributed by atoms with E-state index in [1.807, 2.05) is 6.92 Å². The molecule has 0 bridgehead atoms. The molecule has 18 heavy (non-hydrogen) atoms. The van der Waals surface area contributed by atoms with Gasteiger partial charge in [-0.25, -0.2) is 0 Å². The Balaban J connectivity index is 2.63. The molecule has 1 atom stereocenters. The lowest BCUT2D eigenvalue weighted by atomic mass is 10.0. The zero-order valence-corrected chi connectivity index (χ0v) is 12.0. The maximum Gasteiger partial charge on any atom is 0.0644 e. The molecular formula is C15H26N2O. The Morgan fingerprint density at radius 2 is 1.89 bits per heavy atom. The van der Waals surface area contributed by atoms with Crippen molar-refractivity contribution in [2.45, 2.75) is 39.3 Å². The van der Waals surface area contributed by atoms with Crippen molar-refractivity contribution in [1.29, 1.82) is 0 Å². The molecule has 0 aliphatic heterocycles. The molecular weight excluding hydrogens is 224 g/mol. The highest BCUT2D eigenvalue weighted by Gasteiger charge is 2.08. The first-order valence-electron chi connectivity index (χ1n) is 6.67. The number of nitrogens with two attached hydrogens (primary N) is 1. The van der Waals surface area contributed by atoms with Crippen molar-refractivity contribution < 1.29 is 4.74 Å². The second-order valence-electron chi connectivity index (χ2n) is 5.15. The van der Waals surface area contributed by atoms with Gasteiger partial charge in [0.15, 0.2) is 0 Å². The minimum Gasteiger partial charge on any atom is -0.377 e. The van der Waals surface area contributed by atoms with Gasteiger partial charge in [0.05, 0.1) is 12.7 Å². The molecule has 1 rings (SSSR count). The maximum atomic E-state index is 5.89. The molecule has 0 aliphatic carbocycles. The average Bonchev–Trinajstić information content (AvgIpc) is 2.28. The average molecular weight is 250 g/mol. The van der Waals surface area contributed by atoms with Gasteiger partial charge in [0.25, 0.3) is 0 Å². The van der Waals surface area contributed by atoms with E-state index in [2.05, 4.69) is 50.1 Å². The Hall–Kier alpha value is -1.06. The van der Waals surface area contributed by atoms with Gasteiger partial charge in [0.1, 0.15) is 0 Å². The molecule has 0 amide bonds. The minimum absolute atomic E-state index is 0.187. The Kier molecular flexibility index (Phi) is 6.16. The lowest BCUT2D eigenvalue weighted by Crippen LogP contribution is -2.26. The number of rotatable bonds is 7. The monoisotopic (exact) mass is 250 g/mol. The highest BCUT2D eigenvalue weighted by Crippen LogP contribution is 2.20. The third-order valence-electron chi connectivity index (χ3n) is 2.82. The van der Waals surface area contributed by atoms with Gasteiger partial charge in [-0.1, -0.05) is 18.2 Å². The lowest BCUT2D eigenvalue weighted by molar-refractivity contribution is 0.0846. The highest BCUT2D eigenvalue weighted by molar-refractivity contribution is 5.53. The second-order valence-corrected chi connectivity index (χ2v) is 5.15. The van der Waals surface area contributed by atoms with E-state index in [-0.39, 0.29) is 12.1 Å². The summed E-state index contributed by atoms with van der Waals surface area (Å²) in [4.78, 5) is 2.24. The van der Waals surface area contributed by atoms with Crippen molar-refractivity contribution in [3.8, 4) is 0 Å². The molecule has 0 saturated heterocycles. The number of benzene rings is 1. The van der Waals surface area contributed by atoms with Gasteiger partial charge in [0.2, 0.25) is 0 Å². The third-order valence-corrected chi connectivity index (χ3v) is 2.82. The van der Waals surface area contributed by atoms with Crippen LogP contribution in [0.2, 0.25) is 0 Å². The number of hydrogen-bond acceptors (Lipinski definition) is 3. The predicted molar refractivity (Wildman–Crippen MR) is 78.2 cm³/mol. The Labute approximate surface area is 111 Å². The smallest absolute Gasteiger partial charge is 0.0644 e. The van der Waals surface area contributed by atoms with E-state index in [1.54, 1.807) is 0 Å². The molecule has 1 aromatic carbocycles. The van der Waals surface area contributed by atoms with E-state index in [1.165, 1.54) is 11.3 Å². The maximum absolute atomic E-state index is 5.89. The normalized spacial score (nSPS) is 12.8. The molecule has 3 nitrogen and oxygen atoms in total. The summed E-state index contributed by atoms with van der Waals surface area (Å²) in [5, 5.41) is 0. The van der Waals surface area contributed by atoms with Gasteiger partial charge in [-0.15, -0.1) is 0 Å². The number of ether oxygens (including phenoxy) is 1. The molecule has 0 aromatic heterocycles. The topological polar surface area (TPSA) is 38.5 Å². The van der Waals surface area contributed by atoms with E-state index in [0.29, 0.717) is 0 Å². The molecule has 0 fully saturated rings. The Bertz CT molecular complexity index is 350. The Morgan fingerprint density at radius 3 is 2.50 bits per heavy atom. The standard InChI is InChI=1S/C15H26N2O/c1-12(2)18-10-9-17(4)15-8-6-5-7-14(15)11-13(3)16/h5-8,12-13H,9-11,16H2,1-4H3. The van der Waals surface area contributed by atoms with Crippen LogP contribution in [0.4, 0.5) is 5.69 Å². The zero-order chi connectivity index (χ0) is 13.5. The van der Waals surface area contributed by atoms with E-state index in [9.17, 15) is 0 Å². The summed E-state index contributed by atoms with van der Waals surface area (Å²) < 4.78 is 5.59. The fourth-order valence-electron chi connectivity index (χ4n) is 1.95. The molecule has 0 radical (unpaired) electrons. The van der Waals surface area contributed by atoms with Gasteiger partial charge in [0, 0.05) is 25.3 Å². The number of para-hydroxylation sites is 1. The van der Waals surface area contributed by atoms with Crippen LogP contribution in [-0.2, 0) is 11.2 Å². The van der Waals surface area contributed by atoms with Crippen molar-refractivity contribution >= 4 is 5.69 Å².